The van der Waals surface area contributed by atoms with Crippen molar-refractivity contribution < 1.29 is 23.2 Å². The Morgan fingerprint density at radius 3 is 2.50 bits per heavy atom. The lowest BCUT2D eigenvalue weighted by Gasteiger charge is -2.44. The summed E-state index contributed by atoms with van der Waals surface area (Å²) in [6.07, 6.45) is 2.84. The van der Waals surface area contributed by atoms with Gasteiger partial charge in [-0.1, -0.05) is 23.7 Å². The van der Waals surface area contributed by atoms with E-state index < -0.39 is 23.2 Å². The number of carbonyl (C=O) groups is 3. The fraction of sp³-hybridized carbons (Fsp3) is 0.280. The summed E-state index contributed by atoms with van der Waals surface area (Å²) >= 11 is 6.02. The second kappa shape index (κ2) is 9.02. The monoisotopic (exact) mass is 513 g/mol. The number of rotatable bonds is 6. The van der Waals surface area contributed by atoms with Crippen molar-refractivity contribution in [3.05, 3.63) is 82.4 Å². The van der Waals surface area contributed by atoms with Crippen LogP contribution in [0, 0.1) is 11.6 Å². The normalized spacial score (nSPS) is 19.1. The van der Waals surface area contributed by atoms with E-state index in [1.807, 2.05) is 0 Å². The molecule has 2 aromatic carbocycles. The van der Waals surface area contributed by atoms with Crippen molar-refractivity contribution in [3.63, 3.8) is 0 Å². The molecule has 0 saturated heterocycles. The molecule has 36 heavy (non-hydrogen) atoms. The van der Waals surface area contributed by atoms with Gasteiger partial charge >= 0.3 is 0 Å². The number of hydrogen-bond acceptors (Lipinski definition) is 4. The zero-order valence-corrected chi connectivity index (χ0v) is 20.0. The summed E-state index contributed by atoms with van der Waals surface area (Å²) in [5.74, 6) is -2.44. The highest BCUT2D eigenvalue weighted by atomic mass is 35.5. The molecule has 11 heteroatoms. The van der Waals surface area contributed by atoms with Crippen LogP contribution in [0.5, 0.6) is 0 Å². The van der Waals surface area contributed by atoms with Crippen LogP contribution in [-0.2, 0) is 17.9 Å². The van der Waals surface area contributed by atoms with Crippen LogP contribution in [0.2, 0.25) is 5.02 Å². The van der Waals surface area contributed by atoms with Gasteiger partial charge in [-0.3, -0.25) is 14.4 Å². The molecule has 1 fully saturated rings. The highest BCUT2D eigenvalue weighted by Crippen LogP contribution is 2.39. The van der Waals surface area contributed by atoms with Gasteiger partial charge in [0, 0.05) is 12.6 Å². The summed E-state index contributed by atoms with van der Waals surface area (Å²) in [5, 5.41) is 5.43. The number of carbonyl (C=O) groups excluding carboxylic acids is 3. The number of nitrogens with one attached hydrogen (secondary N) is 2. The molecular formula is C25H22ClF2N5O3. The van der Waals surface area contributed by atoms with Crippen LogP contribution in [0.15, 0.2) is 48.8 Å². The summed E-state index contributed by atoms with van der Waals surface area (Å²) in [4.78, 5) is 45.7. The Balaban J connectivity index is 1.40. The fourth-order valence-electron chi connectivity index (χ4n) is 4.47. The van der Waals surface area contributed by atoms with Crippen molar-refractivity contribution in [2.24, 2.45) is 0 Å². The smallest absolute Gasteiger partial charge is 0.276 e. The van der Waals surface area contributed by atoms with Crippen molar-refractivity contribution in [1.29, 1.82) is 0 Å². The van der Waals surface area contributed by atoms with Crippen LogP contribution in [-0.4, -0.2) is 43.8 Å². The maximum Gasteiger partial charge on any atom is 0.276 e. The molecule has 1 saturated carbocycles. The molecule has 3 amide bonds. The van der Waals surface area contributed by atoms with Gasteiger partial charge in [-0.05, 0) is 55.7 Å². The van der Waals surface area contributed by atoms with Crippen LogP contribution in [0.4, 0.5) is 14.5 Å². The minimum Gasteiger partial charge on any atom is -0.350 e. The van der Waals surface area contributed by atoms with Gasteiger partial charge in [0.05, 0.1) is 23.6 Å². The number of aromatic nitrogens is 2. The first kappa shape index (κ1) is 23.9. The van der Waals surface area contributed by atoms with E-state index in [1.165, 1.54) is 34.0 Å². The zero-order chi connectivity index (χ0) is 25.6. The lowest BCUT2D eigenvalue weighted by atomic mass is 9.93. The molecule has 186 valence electrons. The van der Waals surface area contributed by atoms with E-state index in [2.05, 4.69) is 15.6 Å². The third kappa shape index (κ3) is 4.32. The summed E-state index contributed by atoms with van der Waals surface area (Å²) in [6.45, 7) is 1.95. The quantitative estimate of drug-likeness (QED) is 0.524. The lowest BCUT2D eigenvalue weighted by molar-refractivity contribution is -0.133. The highest BCUT2D eigenvalue weighted by Gasteiger charge is 2.53. The van der Waals surface area contributed by atoms with E-state index in [0.717, 1.165) is 30.5 Å². The maximum atomic E-state index is 13.7. The molecule has 8 nitrogen and oxygen atoms in total. The number of hydrogen-bond donors (Lipinski definition) is 2. The molecule has 0 bridgehead atoms. The SMILES string of the molecule is C[C@@]1(C(=O)NCc2ccc(F)cc2)Cn2cnc(C(=O)Nc3ccc(F)cc3Cl)c2C(=O)N1C1CC1. The van der Waals surface area contributed by atoms with E-state index in [9.17, 15) is 23.2 Å². The van der Waals surface area contributed by atoms with E-state index in [4.69, 9.17) is 11.6 Å². The Hall–Kier alpha value is -3.79. The topological polar surface area (TPSA) is 96.3 Å². The molecule has 2 heterocycles. The Kier molecular flexibility index (Phi) is 5.99. The molecule has 1 aliphatic heterocycles. The Labute approximate surface area is 210 Å². The van der Waals surface area contributed by atoms with Crippen molar-refractivity contribution in [1.82, 2.24) is 19.8 Å². The van der Waals surface area contributed by atoms with Crippen molar-refractivity contribution in [2.45, 2.75) is 44.4 Å². The molecule has 3 aromatic rings. The summed E-state index contributed by atoms with van der Waals surface area (Å²) < 4.78 is 28.0. The summed E-state index contributed by atoms with van der Waals surface area (Å²) in [7, 11) is 0. The minimum atomic E-state index is -1.22. The second-order valence-corrected chi connectivity index (χ2v) is 9.54. The average Bonchev–Trinajstić information content (AvgIpc) is 3.57. The van der Waals surface area contributed by atoms with Crippen LogP contribution in [0.3, 0.4) is 0 Å². The number of halogens is 3. The van der Waals surface area contributed by atoms with Gasteiger partial charge in [0.1, 0.15) is 22.9 Å². The molecule has 0 spiro atoms. The molecule has 0 unspecified atom stereocenters. The largest absolute Gasteiger partial charge is 0.350 e. The first-order valence-corrected chi connectivity index (χ1v) is 11.7. The Morgan fingerprint density at radius 2 is 1.83 bits per heavy atom. The minimum absolute atomic E-state index is 0.00719. The van der Waals surface area contributed by atoms with Gasteiger partial charge in [-0.15, -0.1) is 0 Å². The van der Waals surface area contributed by atoms with Crippen LogP contribution < -0.4 is 10.6 Å². The Morgan fingerprint density at radius 1 is 1.14 bits per heavy atom. The van der Waals surface area contributed by atoms with Crippen molar-refractivity contribution >= 4 is 35.0 Å². The Bertz CT molecular complexity index is 1370. The van der Waals surface area contributed by atoms with E-state index >= 15 is 0 Å². The third-order valence-electron chi connectivity index (χ3n) is 6.43. The fourth-order valence-corrected chi connectivity index (χ4v) is 4.68. The first-order chi connectivity index (χ1) is 17.2. The van der Waals surface area contributed by atoms with Gasteiger partial charge < -0.3 is 20.1 Å². The predicted octanol–water partition coefficient (Wildman–Crippen LogP) is 3.76. The van der Waals surface area contributed by atoms with Crippen LogP contribution in [0.25, 0.3) is 0 Å². The molecule has 2 N–H and O–H groups in total. The van der Waals surface area contributed by atoms with Gasteiger partial charge in [-0.25, -0.2) is 13.8 Å². The molecule has 0 radical (unpaired) electrons. The molecule has 2 aliphatic rings. The summed E-state index contributed by atoms with van der Waals surface area (Å²) in [5.41, 5.74) is -0.367. The molecule has 1 atom stereocenters. The third-order valence-corrected chi connectivity index (χ3v) is 6.74. The lowest BCUT2D eigenvalue weighted by Crippen LogP contribution is -2.64. The second-order valence-electron chi connectivity index (χ2n) is 9.14. The zero-order valence-electron chi connectivity index (χ0n) is 19.2. The molecule has 1 aliphatic carbocycles. The number of benzene rings is 2. The van der Waals surface area contributed by atoms with Crippen LogP contribution in [0.1, 0.15) is 46.3 Å². The van der Waals surface area contributed by atoms with E-state index in [-0.39, 0.29) is 53.0 Å². The van der Waals surface area contributed by atoms with Crippen molar-refractivity contribution in [3.8, 4) is 0 Å². The van der Waals surface area contributed by atoms with Gasteiger partial charge in [0.2, 0.25) is 5.91 Å². The molecule has 1 aromatic heterocycles. The predicted molar refractivity (Wildman–Crippen MR) is 127 cm³/mol. The number of anilines is 1. The maximum absolute atomic E-state index is 13.7. The van der Waals surface area contributed by atoms with Gasteiger partial charge in [0.25, 0.3) is 11.8 Å². The number of imidazole rings is 1. The summed E-state index contributed by atoms with van der Waals surface area (Å²) in [6, 6.07) is 9.18. The van der Waals surface area contributed by atoms with Gasteiger partial charge in [0.15, 0.2) is 5.69 Å². The van der Waals surface area contributed by atoms with Crippen molar-refractivity contribution in [2.75, 3.05) is 5.32 Å². The van der Waals surface area contributed by atoms with E-state index in [1.54, 1.807) is 19.1 Å². The first-order valence-electron chi connectivity index (χ1n) is 11.4. The highest BCUT2D eigenvalue weighted by molar-refractivity contribution is 6.34. The number of nitrogens with zero attached hydrogens (tertiary/aromatic N) is 3. The van der Waals surface area contributed by atoms with Gasteiger partial charge in [-0.2, -0.15) is 0 Å². The average molecular weight is 514 g/mol. The van der Waals surface area contributed by atoms with E-state index in [0.29, 0.717) is 0 Å². The number of fused-ring (bicyclic) bond motifs is 1. The molecule has 5 rings (SSSR count). The standard InChI is InChI=1S/C25H22ClF2N5O3/c1-25(24(36)29-11-14-2-4-15(27)5-3-14)12-32-13-30-20(21(32)23(35)33(25)17-7-8-17)22(34)31-19-9-6-16(28)10-18(19)26/h2-6,9-10,13,17H,7-8,11-12H2,1H3,(H,29,36)(H,31,34)/t25-/m0/s1. The number of amides is 3. The van der Waals surface area contributed by atoms with Crippen LogP contribution >= 0.6 is 11.6 Å². The molecular weight excluding hydrogens is 492 g/mol.